The van der Waals surface area contributed by atoms with Gasteiger partial charge in [-0.1, -0.05) is 11.6 Å². The van der Waals surface area contributed by atoms with E-state index in [-0.39, 0.29) is 25.6 Å². The number of carbonyl (C=O) groups excluding carboxylic acids is 1. The normalized spacial score (nSPS) is 20.0. The Morgan fingerprint density at radius 3 is 2.67 bits per heavy atom. The van der Waals surface area contributed by atoms with Crippen LogP contribution in [0.25, 0.3) is 0 Å². The molecule has 0 spiro atoms. The maximum absolute atomic E-state index is 12.6. The molecule has 1 aromatic carbocycles. The molecule has 146 valence electrons. The van der Waals surface area contributed by atoms with Crippen LogP contribution in [0.15, 0.2) is 24.5 Å². The summed E-state index contributed by atoms with van der Waals surface area (Å²) >= 11 is 6.19. The van der Waals surface area contributed by atoms with Gasteiger partial charge in [0.15, 0.2) is 0 Å². The van der Waals surface area contributed by atoms with E-state index >= 15 is 0 Å². The number of halogens is 1. The Morgan fingerprint density at radius 2 is 2.04 bits per heavy atom. The zero-order chi connectivity index (χ0) is 19.6. The molecule has 6 nitrogen and oxygen atoms in total. The number of β-amino-alcohol motifs (C(OH)–C–C–N with tert-alkyl or cyclic N) is 1. The summed E-state index contributed by atoms with van der Waals surface area (Å²) < 4.78 is 7.48. The first-order valence-electron chi connectivity index (χ1n) is 9.14. The Kier molecular flexibility index (Phi) is 5.77. The molecule has 7 heteroatoms. The van der Waals surface area contributed by atoms with Crippen molar-refractivity contribution in [2.45, 2.75) is 45.8 Å². The highest BCUT2D eigenvalue weighted by Crippen LogP contribution is 2.28. The molecular weight excluding hydrogens is 366 g/mol. The first-order chi connectivity index (χ1) is 12.8. The fourth-order valence-electron chi connectivity index (χ4n) is 3.44. The summed E-state index contributed by atoms with van der Waals surface area (Å²) in [5.74, 6) is 0.632. The summed E-state index contributed by atoms with van der Waals surface area (Å²) in [4.78, 5) is 14.3. The molecule has 0 bridgehead atoms. The number of amides is 1. The zero-order valence-electron chi connectivity index (χ0n) is 16.0. The second-order valence-corrected chi connectivity index (χ2v) is 7.90. The number of benzene rings is 1. The molecule has 2 heterocycles. The number of nitrogens with zero attached hydrogens (tertiary/aromatic N) is 3. The highest BCUT2D eigenvalue weighted by molar-refractivity contribution is 6.32. The lowest BCUT2D eigenvalue weighted by Gasteiger charge is -2.39. The van der Waals surface area contributed by atoms with Crippen LogP contribution in [0.3, 0.4) is 0 Å². The summed E-state index contributed by atoms with van der Waals surface area (Å²) in [6.45, 7) is 7.01. The van der Waals surface area contributed by atoms with Crippen molar-refractivity contribution in [1.29, 1.82) is 0 Å². The maximum Gasteiger partial charge on any atom is 0.244 e. The monoisotopic (exact) mass is 391 g/mol. The van der Waals surface area contributed by atoms with Gasteiger partial charge in [-0.3, -0.25) is 9.48 Å². The van der Waals surface area contributed by atoms with Gasteiger partial charge >= 0.3 is 0 Å². The van der Waals surface area contributed by atoms with Crippen LogP contribution < -0.4 is 4.74 Å². The lowest BCUT2D eigenvalue weighted by Crippen LogP contribution is -2.53. The predicted octanol–water partition coefficient (Wildman–Crippen LogP) is 2.89. The number of piperidine rings is 1. The molecule has 0 saturated carbocycles. The van der Waals surface area contributed by atoms with Crippen LogP contribution in [0.2, 0.25) is 5.02 Å². The SMILES string of the molecule is Cc1cnn(CC(=O)N2CCCC(O)(COc3cc(C)c(Cl)c(C)c3)C2)c1. The van der Waals surface area contributed by atoms with E-state index in [1.54, 1.807) is 15.8 Å². The van der Waals surface area contributed by atoms with Crippen molar-refractivity contribution in [1.82, 2.24) is 14.7 Å². The van der Waals surface area contributed by atoms with E-state index in [9.17, 15) is 9.90 Å². The van der Waals surface area contributed by atoms with Gasteiger partial charge in [-0.15, -0.1) is 0 Å². The number of hydrogen-bond acceptors (Lipinski definition) is 4. The van der Waals surface area contributed by atoms with Crippen molar-refractivity contribution >= 4 is 17.5 Å². The van der Waals surface area contributed by atoms with Gasteiger partial charge in [0.1, 0.15) is 24.5 Å². The van der Waals surface area contributed by atoms with Gasteiger partial charge in [0.2, 0.25) is 5.91 Å². The lowest BCUT2D eigenvalue weighted by atomic mass is 9.93. The number of aliphatic hydroxyl groups is 1. The molecule has 1 unspecified atom stereocenters. The third-order valence-corrected chi connectivity index (χ3v) is 5.48. The van der Waals surface area contributed by atoms with Crippen LogP contribution >= 0.6 is 11.6 Å². The average molecular weight is 392 g/mol. The van der Waals surface area contributed by atoms with Crippen molar-refractivity contribution < 1.29 is 14.6 Å². The molecule has 27 heavy (non-hydrogen) atoms. The van der Waals surface area contributed by atoms with E-state index in [4.69, 9.17) is 16.3 Å². The predicted molar refractivity (Wildman–Crippen MR) is 104 cm³/mol. The molecule has 1 aliphatic heterocycles. The second-order valence-electron chi connectivity index (χ2n) is 7.52. The minimum atomic E-state index is -1.06. The second kappa shape index (κ2) is 7.90. The van der Waals surface area contributed by atoms with E-state index in [0.717, 1.165) is 28.1 Å². The Hall–Kier alpha value is -2.05. The topological polar surface area (TPSA) is 67.6 Å². The minimum absolute atomic E-state index is 0.0468. The smallest absolute Gasteiger partial charge is 0.244 e. The Bertz CT molecular complexity index is 813. The summed E-state index contributed by atoms with van der Waals surface area (Å²) in [6, 6.07) is 3.73. The number of rotatable bonds is 5. The standard InChI is InChI=1S/C20H26ClN3O3/c1-14-9-22-24(10-14)11-18(25)23-6-4-5-20(26,12-23)13-27-17-7-15(2)19(21)16(3)8-17/h7-10,26H,4-6,11-13H2,1-3H3. The van der Waals surface area contributed by atoms with Gasteiger partial charge in [0.25, 0.3) is 0 Å². The fraction of sp³-hybridized carbons (Fsp3) is 0.500. The Morgan fingerprint density at radius 1 is 1.33 bits per heavy atom. The molecule has 0 radical (unpaired) electrons. The van der Waals surface area contributed by atoms with E-state index < -0.39 is 5.60 Å². The molecule has 1 aliphatic rings. The lowest BCUT2D eigenvalue weighted by molar-refractivity contribution is -0.140. The van der Waals surface area contributed by atoms with Crippen LogP contribution in [0.1, 0.15) is 29.5 Å². The van der Waals surface area contributed by atoms with E-state index in [2.05, 4.69) is 5.10 Å². The molecule has 1 aromatic heterocycles. The molecule has 1 N–H and O–H groups in total. The van der Waals surface area contributed by atoms with Crippen LogP contribution in [0.5, 0.6) is 5.75 Å². The molecule has 2 aromatic rings. The molecule has 1 saturated heterocycles. The van der Waals surface area contributed by atoms with Crippen molar-refractivity contribution in [3.8, 4) is 5.75 Å². The fourth-order valence-corrected chi connectivity index (χ4v) is 3.55. The molecule has 1 amide bonds. The molecule has 1 fully saturated rings. The first kappa shape index (κ1) is 19.7. The van der Waals surface area contributed by atoms with Gasteiger partial charge in [0, 0.05) is 17.8 Å². The summed E-state index contributed by atoms with van der Waals surface area (Å²) in [5, 5.41) is 15.8. The van der Waals surface area contributed by atoms with Crippen molar-refractivity contribution in [2.24, 2.45) is 0 Å². The first-order valence-corrected chi connectivity index (χ1v) is 9.52. The van der Waals surface area contributed by atoms with Gasteiger partial charge in [-0.05, 0) is 62.4 Å². The zero-order valence-corrected chi connectivity index (χ0v) is 16.8. The molecule has 3 rings (SSSR count). The van der Waals surface area contributed by atoms with Crippen LogP contribution in [0.4, 0.5) is 0 Å². The number of aryl methyl sites for hydroxylation is 3. The molecular formula is C20H26ClN3O3. The Labute approximate surface area is 164 Å². The van der Waals surface area contributed by atoms with Crippen molar-refractivity contribution in [3.63, 3.8) is 0 Å². The highest BCUT2D eigenvalue weighted by Gasteiger charge is 2.36. The van der Waals surface area contributed by atoms with Gasteiger partial charge in [0.05, 0.1) is 12.7 Å². The number of hydrogen-bond donors (Lipinski definition) is 1. The van der Waals surface area contributed by atoms with Crippen LogP contribution in [0, 0.1) is 20.8 Å². The number of aromatic nitrogens is 2. The summed E-state index contributed by atoms with van der Waals surface area (Å²) in [7, 11) is 0. The third-order valence-electron chi connectivity index (χ3n) is 4.89. The molecule has 1 atom stereocenters. The van der Waals surface area contributed by atoms with Crippen molar-refractivity contribution in [3.05, 3.63) is 46.2 Å². The van der Waals surface area contributed by atoms with Gasteiger partial charge in [-0.2, -0.15) is 5.10 Å². The minimum Gasteiger partial charge on any atom is -0.491 e. The number of carbonyl (C=O) groups is 1. The largest absolute Gasteiger partial charge is 0.491 e. The third kappa shape index (κ3) is 4.82. The maximum atomic E-state index is 12.6. The average Bonchev–Trinajstić information content (AvgIpc) is 3.02. The van der Waals surface area contributed by atoms with E-state index in [1.165, 1.54) is 0 Å². The summed E-state index contributed by atoms with van der Waals surface area (Å²) in [6.07, 6.45) is 4.90. The van der Waals surface area contributed by atoms with Gasteiger partial charge < -0.3 is 14.7 Å². The quantitative estimate of drug-likeness (QED) is 0.850. The highest BCUT2D eigenvalue weighted by atomic mass is 35.5. The summed E-state index contributed by atoms with van der Waals surface area (Å²) in [5.41, 5.74) is 1.83. The Balaban J connectivity index is 1.61. The number of ether oxygens (including phenoxy) is 1. The van der Waals surface area contributed by atoms with Gasteiger partial charge in [-0.25, -0.2) is 0 Å². The van der Waals surface area contributed by atoms with E-state index in [1.807, 2.05) is 39.1 Å². The van der Waals surface area contributed by atoms with Crippen molar-refractivity contribution in [2.75, 3.05) is 19.7 Å². The number of likely N-dealkylation sites (tertiary alicyclic amines) is 1. The van der Waals surface area contributed by atoms with E-state index in [0.29, 0.717) is 18.7 Å². The van der Waals surface area contributed by atoms with Crippen LogP contribution in [-0.4, -0.2) is 51.0 Å². The van der Waals surface area contributed by atoms with Crippen LogP contribution in [-0.2, 0) is 11.3 Å². The molecule has 0 aliphatic carbocycles.